The minimum Gasteiger partial charge on any atom is -0.508 e. The zero-order valence-corrected chi connectivity index (χ0v) is 14.5. The van der Waals surface area contributed by atoms with Gasteiger partial charge in [0.05, 0.1) is 0 Å². The third-order valence-electron chi connectivity index (χ3n) is 6.54. The van der Waals surface area contributed by atoms with E-state index < -0.39 is 0 Å². The van der Waals surface area contributed by atoms with E-state index in [2.05, 4.69) is 48.2 Å². The molecule has 1 aliphatic carbocycles. The van der Waals surface area contributed by atoms with Crippen LogP contribution >= 0.6 is 0 Å². The van der Waals surface area contributed by atoms with Crippen molar-refractivity contribution in [3.05, 3.63) is 65.7 Å². The zero-order chi connectivity index (χ0) is 16.6. The zero-order valence-electron chi connectivity index (χ0n) is 14.5. The van der Waals surface area contributed by atoms with Crippen LogP contribution in [0.4, 0.5) is 0 Å². The van der Waals surface area contributed by atoms with E-state index in [4.69, 9.17) is 0 Å². The number of fused-ring (bicyclic) bond motifs is 2. The maximum absolute atomic E-state index is 9.96. The Hall–Kier alpha value is -1.80. The summed E-state index contributed by atoms with van der Waals surface area (Å²) < 4.78 is 0. The second-order valence-electron chi connectivity index (χ2n) is 7.66. The van der Waals surface area contributed by atoms with E-state index in [9.17, 15) is 5.11 Å². The van der Waals surface area contributed by atoms with Crippen LogP contribution in [0.25, 0.3) is 0 Å². The lowest BCUT2D eigenvalue weighted by molar-refractivity contribution is -0.00795. The van der Waals surface area contributed by atoms with Crippen LogP contribution in [-0.2, 0) is 12.0 Å². The predicted molar refractivity (Wildman–Crippen MR) is 98.1 cm³/mol. The topological polar surface area (TPSA) is 23.5 Å². The van der Waals surface area contributed by atoms with Gasteiger partial charge in [-0.05, 0) is 55.0 Å². The van der Waals surface area contributed by atoms with Gasteiger partial charge in [0, 0.05) is 18.0 Å². The normalized spacial score (nSPS) is 30.2. The van der Waals surface area contributed by atoms with Gasteiger partial charge >= 0.3 is 0 Å². The largest absolute Gasteiger partial charge is 0.508 e. The summed E-state index contributed by atoms with van der Waals surface area (Å²) in [6.07, 6.45) is 5.04. The van der Waals surface area contributed by atoms with Crippen molar-refractivity contribution in [2.45, 2.75) is 50.6 Å². The molecule has 0 amide bonds. The molecular formula is C22H27NO. The minimum absolute atomic E-state index is 0.245. The van der Waals surface area contributed by atoms with Gasteiger partial charge in [0.1, 0.15) is 5.75 Å². The highest BCUT2D eigenvalue weighted by Gasteiger charge is 2.49. The number of piperidine rings is 1. The van der Waals surface area contributed by atoms with E-state index in [1.165, 1.54) is 36.8 Å². The van der Waals surface area contributed by atoms with Crippen molar-refractivity contribution < 1.29 is 5.11 Å². The van der Waals surface area contributed by atoms with E-state index in [0.29, 0.717) is 17.7 Å². The van der Waals surface area contributed by atoms with Crippen molar-refractivity contribution in [1.82, 2.24) is 4.90 Å². The van der Waals surface area contributed by atoms with Gasteiger partial charge in [0.2, 0.25) is 0 Å². The Morgan fingerprint density at radius 3 is 2.71 bits per heavy atom. The molecular weight excluding hydrogens is 294 g/mol. The van der Waals surface area contributed by atoms with E-state index >= 15 is 0 Å². The molecule has 1 unspecified atom stereocenters. The average Bonchev–Trinajstić information content (AvgIpc) is 2.59. The lowest BCUT2D eigenvalue weighted by Crippen LogP contribution is -2.57. The fourth-order valence-corrected chi connectivity index (χ4v) is 5.21. The van der Waals surface area contributed by atoms with Crippen molar-refractivity contribution >= 4 is 0 Å². The number of phenols is 1. The average molecular weight is 321 g/mol. The van der Waals surface area contributed by atoms with E-state index in [0.717, 1.165) is 13.1 Å². The molecule has 126 valence electrons. The molecule has 1 heterocycles. The molecule has 1 aliphatic heterocycles. The smallest absolute Gasteiger partial charge is 0.115 e. The monoisotopic (exact) mass is 321 g/mol. The summed E-state index contributed by atoms with van der Waals surface area (Å²) in [6.45, 7) is 4.65. The molecule has 2 aromatic rings. The van der Waals surface area contributed by atoms with E-state index in [-0.39, 0.29) is 5.41 Å². The first kappa shape index (κ1) is 15.7. The second-order valence-corrected chi connectivity index (χ2v) is 7.66. The van der Waals surface area contributed by atoms with Gasteiger partial charge in [0.25, 0.3) is 0 Å². The van der Waals surface area contributed by atoms with Gasteiger partial charge in [0.15, 0.2) is 0 Å². The van der Waals surface area contributed by atoms with Crippen molar-refractivity contribution in [3.63, 3.8) is 0 Å². The molecule has 0 spiro atoms. The third kappa shape index (κ3) is 2.63. The molecule has 2 nitrogen and oxygen atoms in total. The van der Waals surface area contributed by atoms with Gasteiger partial charge in [-0.2, -0.15) is 0 Å². The first-order valence-corrected chi connectivity index (χ1v) is 9.26. The van der Waals surface area contributed by atoms with Gasteiger partial charge in [-0.3, -0.25) is 4.90 Å². The van der Waals surface area contributed by atoms with Crippen LogP contribution < -0.4 is 0 Å². The fraction of sp³-hybridized carbons (Fsp3) is 0.455. The Balaban J connectivity index is 1.61. The summed E-state index contributed by atoms with van der Waals surface area (Å²) in [5, 5.41) is 9.96. The Morgan fingerprint density at radius 2 is 1.92 bits per heavy atom. The second kappa shape index (κ2) is 6.25. The van der Waals surface area contributed by atoms with Crippen LogP contribution in [0, 0.1) is 5.92 Å². The van der Waals surface area contributed by atoms with Crippen molar-refractivity contribution in [2.24, 2.45) is 5.92 Å². The van der Waals surface area contributed by atoms with Crippen LogP contribution in [0.15, 0.2) is 54.6 Å². The SMILES string of the molecule is C[C@H]1C2CCC[C@@]1(c1cccc(O)c1)CCN2Cc1ccccc1. The van der Waals surface area contributed by atoms with Crippen LogP contribution in [0.5, 0.6) is 5.75 Å². The summed E-state index contributed by atoms with van der Waals surface area (Å²) in [4.78, 5) is 2.69. The minimum atomic E-state index is 0.245. The fourth-order valence-electron chi connectivity index (χ4n) is 5.21. The van der Waals surface area contributed by atoms with E-state index in [1.807, 2.05) is 12.1 Å². The van der Waals surface area contributed by atoms with Crippen LogP contribution in [0.3, 0.4) is 0 Å². The summed E-state index contributed by atoms with van der Waals surface area (Å²) >= 11 is 0. The van der Waals surface area contributed by atoms with Crippen LogP contribution in [0.1, 0.15) is 43.7 Å². The first-order chi connectivity index (χ1) is 11.7. The number of aromatic hydroxyl groups is 1. The Kier molecular flexibility index (Phi) is 4.09. The number of rotatable bonds is 3. The highest BCUT2D eigenvalue weighted by molar-refractivity contribution is 5.35. The number of likely N-dealkylation sites (tertiary alicyclic amines) is 1. The molecule has 4 rings (SSSR count). The molecule has 2 bridgehead atoms. The molecule has 1 saturated carbocycles. The van der Waals surface area contributed by atoms with Gasteiger partial charge in [-0.25, -0.2) is 0 Å². The molecule has 2 heteroatoms. The summed E-state index contributed by atoms with van der Waals surface area (Å²) in [6, 6.07) is 19.5. The molecule has 2 aliphatic rings. The Labute approximate surface area is 145 Å². The van der Waals surface area contributed by atoms with Gasteiger partial charge in [-0.15, -0.1) is 0 Å². The lowest BCUT2D eigenvalue weighted by Gasteiger charge is -2.55. The van der Waals surface area contributed by atoms with Crippen molar-refractivity contribution in [3.8, 4) is 5.75 Å². The standard InChI is InChI=1S/C22H27NO/c1-17-21-11-6-12-22(17,19-9-5-10-20(24)15-19)13-14-23(21)16-18-7-3-2-4-8-18/h2-5,7-10,15,17,21,24H,6,11-14,16H2,1H3/t17-,21?,22+/m0/s1. The molecule has 24 heavy (non-hydrogen) atoms. The number of phenolic OH excluding ortho intramolecular Hbond substituents is 1. The Bertz CT molecular complexity index is 698. The first-order valence-electron chi connectivity index (χ1n) is 9.26. The number of benzene rings is 2. The quantitative estimate of drug-likeness (QED) is 0.884. The summed E-state index contributed by atoms with van der Waals surface area (Å²) in [5.41, 5.74) is 3.01. The van der Waals surface area contributed by atoms with Crippen molar-refractivity contribution in [1.29, 1.82) is 0 Å². The molecule has 3 atom stereocenters. The molecule has 2 aromatic carbocycles. The number of nitrogens with zero attached hydrogens (tertiary/aromatic N) is 1. The maximum Gasteiger partial charge on any atom is 0.115 e. The van der Waals surface area contributed by atoms with Crippen LogP contribution in [-0.4, -0.2) is 22.6 Å². The third-order valence-corrected chi connectivity index (χ3v) is 6.54. The molecule has 0 aromatic heterocycles. The van der Waals surface area contributed by atoms with Gasteiger partial charge in [-0.1, -0.05) is 55.8 Å². The highest BCUT2D eigenvalue weighted by atomic mass is 16.3. The lowest BCUT2D eigenvalue weighted by atomic mass is 9.57. The van der Waals surface area contributed by atoms with Gasteiger partial charge < -0.3 is 5.11 Å². The number of hydrogen-bond acceptors (Lipinski definition) is 2. The summed E-state index contributed by atoms with van der Waals surface area (Å²) in [7, 11) is 0. The Morgan fingerprint density at radius 1 is 1.08 bits per heavy atom. The predicted octanol–water partition coefficient (Wildman–Crippen LogP) is 4.72. The number of hydrogen-bond donors (Lipinski definition) is 1. The molecule has 0 radical (unpaired) electrons. The molecule has 1 saturated heterocycles. The van der Waals surface area contributed by atoms with E-state index in [1.54, 1.807) is 6.07 Å². The summed E-state index contributed by atoms with van der Waals surface area (Å²) in [5.74, 6) is 1.04. The molecule has 2 fully saturated rings. The highest BCUT2D eigenvalue weighted by Crippen LogP contribution is 2.51. The van der Waals surface area contributed by atoms with Crippen molar-refractivity contribution in [2.75, 3.05) is 6.54 Å². The molecule has 1 N–H and O–H groups in total. The van der Waals surface area contributed by atoms with Crippen LogP contribution in [0.2, 0.25) is 0 Å². The maximum atomic E-state index is 9.96.